The largest absolute Gasteiger partial charge is 0.438 e. The number of carbonyl (C=O) groups is 2. The van der Waals surface area contributed by atoms with E-state index in [9.17, 15) is 9.59 Å². The van der Waals surface area contributed by atoms with E-state index in [0.717, 1.165) is 11.1 Å². The standard InChI is InChI=1S/C26H24N6O3/c1-27-24(34)18-5-3-6-19(16-18)31-23(33)15-17-8-10-20(11-9-17)35-25-21(7-4-13-29-25)22-12-14-30-26(28-2)32-22/h3-14,16H,15H2,1-2H3,(H,27,34)(H,31,33)(H,28,30,32). The molecule has 4 aromatic rings. The summed E-state index contributed by atoms with van der Waals surface area (Å²) >= 11 is 0. The first-order chi connectivity index (χ1) is 17.1. The van der Waals surface area contributed by atoms with Crippen molar-refractivity contribution in [2.24, 2.45) is 0 Å². The van der Waals surface area contributed by atoms with E-state index in [1.807, 2.05) is 24.3 Å². The lowest BCUT2D eigenvalue weighted by Gasteiger charge is -2.11. The minimum Gasteiger partial charge on any atom is -0.438 e. The molecule has 0 aliphatic rings. The minimum absolute atomic E-state index is 0.174. The van der Waals surface area contributed by atoms with Crippen LogP contribution in [-0.4, -0.2) is 40.9 Å². The number of rotatable bonds is 8. The van der Waals surface area contributed by atoms with Crippen molar-refractivity contribution in [2.45, 2.75) is 6.42 Å². The number of aromatic nitrogens is 3. The Kier molecular flexibility index (Phi) is 7.27. The SMILES string of the molecule is CNC(=O)c1cccc(NC(=O)Cc2ccc(Oc3ncccc3-c3ccnc(NC)n3)cc2)c1. The third-order valence-corrected chi connectivity index (χ3v) is 5.06. The monoisotopic (exact) mass is 468 g/mol. The molecule has 9 nitrogen and oxygen atoms in total. The molecule has 0 saturated heterocycles. The predicted octanol–water partition coefficient (Wildman–Crippen LogP) is 3.91. The van der Waals surface area contributed by atoms with E-state index < -0.39 is 0 Å². The zero-order chi connectivity index (χ0) is 24.6. The minimum atomic E-state index is -0.213. The molecular formula is C26H24N6O3. The highest BCUT2D eigenvalue weighted by Crippen LogP contribution is 2.30. The summed E-state index contributed by atoms with van der Waals surface area (Å²) in [4.78, 5) is 37.2. The van der Waals surface area contributed by atoms with Gasteiger partial charge in [-0.1, -0.05) is 18.2 Å². The van der Waals surface area contributed by atoms with Crippen LogP contribution in [0.15, 0.2) is 79.1 Å². The van der Waals surface area contributed by atoms with Crippen LogP contribution >= 0.6 is 0 Å². The number of carbonyl (C=O) groups excluding carboxylic acids is 2. The summed E-state index contributed by atoms with van der Waals surface area (Å²) in [5.74, 6) is 1.09. The highest BCUT2D eigenvalue weighted by Gasteiger charge is 2.12. The van der Waals surface area contributed by atoms with Gasteiger partial charge in [-0.05, 0) is 54.1 Å². The molecule has 2 heterocycles. The van der Waals surface area contributed by atoms with Crippen molar-refractivity contribution in [2.75, 3.05) is 24.7 Å². The molecule has 0 spiro atoms. The van der Waals surface area contributed by atoms with E-state index in [1.54, 1.807) is 69.0 Å². The van der Waals surface area contributed by atoms with Gasteiger partial charge in [0.25, 0.3) is 5.91 Å². The first-order valence-electron chi connectivity index (χ1n) is 10.9. The van der Waals surface area contributed by atoms with Crippen LogP contribution in [0.2, 0.25) is 0 Å². The Morgan fingerprint density at radius 2 is 1.74 bits per heavy atom. The molecule has 35 heavy (non-hydrogen) atoms. The third-order valence-electron chi connectivity index (χ3n) is 5.06. The van der Waals surface area contributed by atoms with Crippen LogP contribution in [0.3, 0.4) is 0 Å². The van der Waals surface area contributed by atoms with Crippen molar-refractivity contribution in [3.8, 4) is 22.9 Å². The highest BCUT2D eigenvalue weighted by molar-refractivity contribution is 5.97. The maximum atomic E-state index is 12.5. The molecule has 0 unspecified atom stereocenters. The summed E-state index contributed by atoms with van der Waals surface area (Å²) < 4.78 is 6.01. The first kappa shape index (κ1) is 23.4. The summed E-state index contributed by atoms with van der Waals surface area (Å²) in [6, 6.07) is 19.5. The average Bonchev–Trinajstić information content (AvgIpc) is 2.89. The van der Waals surface area contributed by atoms with Crippen LogP contribution in [0.4, 0.5) is 11.6 Å². The van der Waals surface area contributed by atoms with Gasteiger partial charge in [-0.2, -0.15) is 0 Å². The predicted molar refractivity (Wildman–Crippen MR) is 133 cm³/mol. The van der Waals surface area contributed by atoms with Gasteiger partial charge in [0.05, 0.1) is 17.7 Å². The molecule has 0 saturated carbocycles. The van der Waals surface area contributed by atoms with Crippen molar-refractivity contribution in [1.82, 2.24) is 20.3 Å². The number of nitrogens with one attached hydrogen (secondary N) is 3. The quantitative estimate of drug-likeness (QED) is 0.359. The lowest BCUT2D eigenvalue weighted by Crippen LogP contribution is -2.19. The van der Waals surface area contributed by atoms with Crippen LogP contribution in [0.25, 0.3) is 11.3 Å². The van der Waals surface area contributed by atoms with Gasteiger partial charge >= 0.3 is 0 Å². The number of amides is 2. The Hall–Kier alpha value is -4.79. The normalized spacial score (nSPS) is 10.3. The average molecular weight is 469 g/mol. The molecule has 176 valence electrons. The van der Waals surface area contributed by atoms with Crippen molar-refractivity contribution in [3.63, 3.8) is 0 Å². The fourth-order valence-electron chi connectivity index (χ4n) is 3.36. The molecule has 0 atom stereocenters. The summed E-state index contributed by atoms with van der Waals surface area (Å²) in [7, 11) is 3.31. The zero-order valence-corrected chi connectivity index (χ0v) is 19.3. The number of nitrogens with zero attached hydrogens (tertiary/aromatic N) is 3. The number of anilines is 2. The Balaban J connectivity index is 1.42. The molecule has 0 aliphatic heterocycles. The Morgan fingerprint density at radius 3 is 2.51 bits per heavy atom. The van der Waals surface area contributed by atoms with Crippen molar-refractivity contribution in [3.05, 3.63) is 90.3 Å². The van der Waals surface area contributed by atoms with Gasteiger partial charge in [0.1, 0.15) is 5.75 Å². The van der Waals surface area contributed by atoms with Crippen LogP contribution in [0.5, 0.6) is 11.6 Å². The fourth-order valence-corrected chi connectivity index (χ4v) is 3.36. The maximum Gasteiger partial charge on any atom is 0.251 e. The number of hydrogen-bond acceptors (Lipinski definition) is 7. The number of benzene rings is 2. The third kappa shape index (κ3) is 5.97. The maximum absolute atomic E-state index is 12.5. The number of ether oxygens (including phenoxy) is 1. The molecule has 2 aromatic carbocycles. The molecule has 9 heteroatoms. The van der Waals surface area contributed by atoms with Crippen LogP contribution in [-0.2, 0) is 11.2 Å². The zero-order valence-electron chi connectivity index (χ0n) is 19.3. The topological polar surface area (TPSA) is 118 Å². The molecular weight excluding hydrogens is 444 g/mol. The van der Waals surface area contributed by atoms with E-state index in [-0.39, 0.29) is 18.2 Å². The van der Waals surface area contributed by atoms with Gasteiger partial charge in [0.15, 0.2) is 0 Å². The molecule has 0 radical (unpaired) electrons. The molecule has 2 aromatic heterocycles. The Morgan fingerprint density at radius 1 is 0.914 bits per heavy atom. The molecule has 3 N–H and O–H groups in total. The second-order valence-electron chi connectivity index (χ2n) is 7.50. The number of hydrogen-bond donors (Lipinski definition) is 3. The molecule has 0 aliphatic carbocycles. The van der Waals surface area contributed by atoms with Crippen LogP contribution in [0.1, 0.15) is 15.9 Å². The first-order valence-corrected chi connectivity index (χ1v) is 10.9. The van der Waals surface area contributed by atoms with E-state index >= 15 is 0 Å². The highest BCUT2D eigenvalue weighted by atomic mass is 16.5. The van der Waals surface area contributed by atoms with Gasteiger partial charge in [-0.25, -0.2) is 15.0 Å². The Labute approximate surface area is 202 Å². The summed E-state index contributed by atoms with van der Waals surface area (Å²) in [6.07, 6.45) is 3.49. The summed E-state index contributed by atoms with van der Waals surface area (Å²) in [5, 5.41) is 8.31. The van der Waals surface area contributed by atoms with E-state index in [2.05, 4.69) is 30.9 Å². The van der Waals surface area contributed by atoms with Crippen LogP contribution < -0.4 is 20.7 Å². The van der Waals surface area contributed by atoms with Gasteiger partial charge in [-0.15, -0.1) is 0 Å². The fraction of sp³-hybridized carbons (Fsp3) is 0.115. The van der Waals surface area contributed by atoms with Gasteiger partial charge in [0.2, 0.25) is 17.7 Å². The van der Waals surface area contributed by atoms with Crippen LogP contribution in [0, 0.1) is 0 Å². The molecule has 4 rings (SSSR count). The molecule has 2 amide bonds. The second-order valence-corrected chi connectivity index (χ2v) is 7.50. The van der Waals surface area contributed by atoms with Crippen molar-refractivity contribution in [1.29, 1.82) is 0 Å². The van der Waals surface area contributed by atoms with Gasteiger partial charge in [-0.3, -0.25) is 9.59 Å². The summed E-state index contributed by atoms with van der Waals surface area (Å²) in [5.41, 5.74) is 3.26. The lowest BCUT2D eigenvalue weighted by atomic mass is 10.1. The van der Waals surface area contributed by atoms with Crippen molar-refractivity contribution < 1.29 is 14.3 Å². The second kappa shape index (κ2) is 10.9. The van der Waals surface area contributed by atoms with Gasteiger partial charge < -0.3 is 20.7 Å². The lowest BCUT2D eigenvalue weighted by molar-refractivity contribution is -0.115. The van der Waals surface area contributed by atoms with Gasteiger partial charge in [0, 0.05) is 37.7 Å². The van der Waals surface area contributed by atoms with Crippen molar-refractivity contribution >= 4 is 23.5 Å². The number of pyridine rings is 1. The van der Waals surface area contributed by atoms with E-state index in [0.29, 0.717) is 34.5 Å². The molecule has 0 bridgehead atoms. The molecule has 0 fully saturated rings. The Bertz CT molecular complexity index is 1340. The van der Waals surface area contributed by atoms with E-state index in [1.165, 1.54) is 0 Å². The smallest absolute Gasteiger partial charge is 0.251 e. The summed E-state index contributed by atoms with van der Waals surface area (Å²) in [6.45, 7) is 0. The van der Waals surface area contributed by atoms with E-state index in [4.69, 9.17) is 4.74 Å².